The fourth-order valence-corrected chi connectivity index (χ4v) is 3.48. The highest BCUT2D eigenvalue weighted by atomic mass is 35.5. The van der Waals surface area contributed by atoms with E-state index in [9.17, 15) is 4.79 Å². The molecule has 1 N–H and O–H groups in total. The van der Waals surface area contributed by atoms with Crippen LogP contribution in [0.15, 0.2) is 48.5 Å². The van der Waals surface area contributed by atoms with Crippen molar-refractivity contribution in [3.8, 4) is 0 Å². The third kappa shape index (κ3) is 3.80. The molecule has 0 bridgehead atoms. The highest BCUT2D eigenvalue weighted by Gasteiger charge is 2.25. The van der Waals surface area contributed by atoms with E-state index in [1.807, 2.05) is 18.2 Å². The molecule has 0 saturated carbocycles. The van der Waals surface area contributed by atoms with Gasteiger partial charge in [0.25, 0.3) is 5.91 Å². The van der Waals surface area contributed by atoms with Gasteiger partial charge >= 0.3 is 0 Å². The van der Waals surface area contributed by atoms with Crippen LogP contribution in [0, 0.1) is 0 Å². The van der Waals surface area contributed by atoms with E-state index in [0.29, 0.717) is 28.2 Å². The van der Waals surface area contributed by atoms with Crippen LogP contribution in [0.4, 0.5) is 5.69 Å². The SMILES string of the molecule is O=C(NCC1CCCN1c1ccccc1)c1ccc(Cl)cc1Cl. The number of halogens is 2. The number of carbonyl (C=O) groups is 1. The maximum absolute atomic E-state index is 12.3. The molecule has 3 rings (SSSR count). The minimum absolute atomic E-state index is 0.161. The molecule has 23 heavy (non-hydrogen) atoms. The summed E-state index contributed by atoms with van der Waals surface area (Å²) >= 11 is 12.0. The van der Waals surface area contributed by atoms with E-state index >= 15 is 0 Å². The van der Waals surface area contributed by atoms with Crippen molar-refractivity contribution >= 4 is 34.8 Å². The summed E-state index contributed by atoms with van der Waals surface area (Å²) in [5.74, 6) is -0.161. The van der Waals surface area contributed by atoms with Crippen LogP contribution in [0.1, 0.15) is 23.2 Å². The van der Waals surface area contributed by atoms with Crippen LogP contribution in [0.2, 0.25) is 10.0 Å². The lowest BCUT2D eigenvalue weighted by atomic mass is 10.1. The fourth-order valence-electron chi connectivity index (χ4n) is 2.99. The molecule has 1 unspecified atom stereocenters. The first-order valence-electron chi connectivity index (χ1n) is 7.70. The maximum Gasteiger partial charge on any atom is 0.252 e. The van der Waals surface area contributed by atoms with Gasteiger partial charge in [-0.2, -0.15) is 0 Å². The van der Waals surface area contributed by atoms with Crippen LogP contribution < -0.4 is 10.2 Å². The fraction of sp³-hybridized carbons (Fsp3) is 0.278. The Hall–Kier alpha value is -1.71. The van der Waals surface area contributed by atoms with Crippen LogP contribution in [0.3, 0.4) is 0 Å². The van der Waals surface area contributed by atoms with Crippen LogP contribution in [-0.4, -0.2) is 25.0 Å². The van der Waals surface area contributed by atoms with E-state index < -0.39 is 0 Å². The van der Waals surface area contributed by atoms with Gasteiger partial charge in [0, 0.05) is 29.8 Å². The van der Waals surface area contributed by atoms with E-state index in [2.05, 4.69) is 22.3 Å². The van der Waals surface area contributed by atoms with Crippen molar-refractivity contribution in [3.05, 3.63) is 64.1 Å². The normalized spacial score (nSPS) is 17.3. The molecule has 3 nitrogen and oxygen atoms in total. The Labute approximate surface area is 146 Å². The summed E-state index contributed by atoms with van der Waals surface area (Å²) in [6.45, 7) is 1.62. The van der Waals surface area contributed by atoms with Crippen molar-refractivity contribution in [2.75, 3.05) is 18.0 Å². The van der Waals surface area contributed by atoms with Gasteiger partial charge in [-0.15, -0.1) is 0 Å². The van der Waals surface area contributed by atoms with Gasteiger partial charge in [0.15, 0.2) is 0 Å². The second kappa shape index (κ2) is 7.24. The lowest BCUT2D eigenvalue weighted by Gasteiger charge is -2.27. The average Bonchev–Trinajstić information content (AvgIpc) is 3.02. The van der Waals surface area contributed by atoms with E-state index in [1.165, 1.54) is 5.69 Å². The van der Waals surface area contributed by atoms with Gasteiger partial charge in [-0.05, 0) is 43.2 Å². The number of nitrogens with one attached hydrogen (secondary N) is 1. The van der Waals surface area contributed by atoms with Crippen LogP contribution in [0.5, 0.6) is 0 Å². The monoisotopic (exact) mass is 348 g/mol. The van der Waals surface area contributed by atoms with E-state index in [1.54, 1.807) is 18.2 Å². The first kappa shape index (κ1) is 16.2. The molecule has 1 fully saturated rings. The minimum Gasteiger partial charge on any atom is -0.367 e. The molecule has 0 spiro atoms. The summed E-state index contributed by atoms with van der Waals surface area (Å²) in [4.78, 5) is 14.7. The number of para-hydroxylation sites is 1. The third-order valence-corrected chi connectivity index (χ3v) is 4.69. The highest BCUT2D eigenvalue weighted by molar-refractivity contribution is 6.36. The number of rotatable bonds is 4. The summed E-state index contributed by atoms with van der Waals surface area (Å²) < 4.78 is 0. The molecule has 1 aliphatic rings. The molecule has 1 aliphatic heterocycles. The molecule has 5 heteroatoms. The first-order valence-corrected chi connectivity index (χ1v) is 8.45. The average molecular weight is 349 g/mol. The highest BCUT2D eigenvalue weighted by Crippen LogP contribution is 2.25. The largest absolute Gasteiger partial charge is 0.367 e. The molecule has 1 amide bonds. The number of nitrogens with zero attached hydrogens (tertiary/aromatic N) is 1. The quantitative estimate of drug-likeness (QED) is 0.888. The van der Waals surface area contributed by atoms with Crippen molar-refractivity contribution < 1.29 is 4.79 Å². The summed E-state index contributed by atoms with van der Waals surface area (Å²) in [5, 5.41) is 3.89. The molecule has 2 aromatic carbocycles. The smallest absolute Gasteiger partial charge is 0.252 e. The van der Waals surface area contributed by atoms with Gasteiger partial charge in [0.1, 0.15) is 0 Å². The number of hydrogen-bond acceptors (Lipinski definition) is 2. The molecule has 0 aromatic heterocycles. The lowest BCUT2D eigenvalue weighted by molar-refractivity contribution is 0.0951. The van der Waals surface area contributed by atoms with Gasteiger partial charge in [-0.25, -0.2) is 0 Å². The molecule has 1 heterocycles. The summed E-state index contributed by atoms with van der Waals surface area (Å²) in [5.41, 5.74) is 1.66. The topological polar surface area (TPSA) is 32.3 Å². The zero-order chi connectivity index (χ0) is 16.2. The second-order valence-corrected chi connectivity index (χ2v) is 6.50. The number of amides is 1. The zero-order valence-electron chi connectivity index (χ0n) is 12.6. The molecular formula is C18H18Cl2N2O. The zero-order valence-corrected chi connectivity index (χ0v) is 14.1. The molecule has 120 valence electrons. The van der Waals surface area contributed by atoms with E-state index in [4.69, 9.17) is 23.2 Å². The molecule has 1 saturated heterocycles. The van der Waals surface area contributed by atoms with Crippen molar-refractivity contribution in [2.24, 2.45) is 0 Å². The number of hydrogen-bond donors (Lipinski definition) is 1. The Kier molecular flexibility index (Phi) is 5.09. The van der Waals surface area contributed by atoms with Crippen LogP contribution in [-0.2, 0) is 0 Å². The predicted octanol–water partition coefficient (Wildman–Crippen LogP) is 4.39. The van der Waals surface area contributed by atoms with Crippen molar-refractivity contribution in [3.63, 3.8) is 0 Å². The number of carbonyl (C=O) groups excluding carboxylic acids is 1. The third-order valence-electron chi connectivity index (χ3n) is 4.14. The Morgan fingerprint density at radius 2 is 1.96 bits per heavy atom. The summed E-state index contributed by atoms with van der Waals surface area (Å²) in [7, 11) is 0. The summed E-state index contributed by atoms with van der Waals surface area (Å²) in [6, 6.07) is 15.5. The van der Waals surface area contributed by atoms with Gasteiger partial charge in [0.2, 0.25) is 0 Å². The number of benzene rings is 2. The molecule has 1 atom stereocenters. The standard InChI is InChI=1S/C18H18Cl2N2O/c19-13-8-9-16(17(20)11-13)18(23)21-12-15-7-4-10-22(15)14-5-2-1-3-6-14/h1-3,5-6,8-9,11,15H,4,7,10,12H2,(H,21,23). The first-order chi connectivity index (χ1) is 11.1. The molecule has 2 aromatic rings. The maximum atomic E-state index is 12.3. The molecule has 0 radical (unpaired) electrons. The Morgan fingerprint density at radius 1 is 1.17 bits per heavy atom. The van der Waals surface area contributed by atoms with E-state index in [0.717, 1.165) is 19.4 Å². The van der Waals surface area contributed by atoms with Crippen molar-refractivity contribution in [1.82, 2.24) is 5.32 Å². The number of anilines is 1. The van der Waals surface area contributed by atoms with E-state index in [-0.39, 0.29) is 5.91 Å². The predicted molar refractivity (Wildman–Crippen MR) is 95.6 cm³/mol. The Morgan fingerprint density at radius 3 is 2.70 bits per heavy atom. The van der Waals surface area contributed by atoms with Crippen molar-refractivity contribution in [2.45, 2.75) is 18.9 Å². The Bertz CT molecular complexity index is 691. The second-order valence-electron chi connectivity index (χ2n) is 5.66. The molecular weight excluding hydrogens is 331 g/mol. The van der Waals surface area contributed by atoms with Crippen LogP contribution >= 0.6 is 23.2 Å². The van der Waals surface area contributed by atoms with Gasteiger partial charge in [-0.3, -0.25) is 4.79 Å². The van der Waals surface area contributed by atoms with Crippen molar-refractivity contribution in [1.29, 1.82) is 0 Å². The molecule has 0 aliphatic carbocycles. The van der Waals surface area contributed by atoms with Crippen LogP contribution in [0.25, 0.3) is 0 Å². The Balaban J connectivity index is 1.64. The van der Waals surface area contributed by atoms with Gasteiger partial charge < -0.3 is 10.2 Å². The minimum atomic E-state index is -0.161. The van der Waals surface area contributed by atoms with Gasteiger partial charge in [0.05, 0.1) is 10.6 Å². The summed E-state index contributed by atoms with van der Waals surface area (Å²) in [6.07, 6.45) is 2.21. The van der Waals surface area contributed by atoms with Gasteiger partial charge in [-0.1, -0.05) is 41.4 Å². The lowest BCUT2D eigenvalue weighted by Crippen LogP contribution is -2.40.